The summed E-state index contributed by atoms with van der Waals surface area (Å²) in [7, 11) is 0. The second-order valence-corrected chi connectivity index (χ2v) is 7.67. The number of benzene rings is 1. The van der Waals surface area contributed by atoms with Gasteiger partial charge in [-0.3, -0.25) is 4.79 Å². The molecule has 1 amide bonds. The van der Waals surface area contributed by atoms with Crippen LogP contribution in [0, 0.1) is 16.7 Å². The average Bonchev–Trinajstić information content (AvgIpc) is 2.94. The highest BCUT2D eigenvalue weighted by Crippen LogP contribution is 2.30. The van der Waals surface area contributed by atoms with Crippen molar-refractivity contribution in [2.24, 2.45) is 16.1 Å². The first-order chi connectivity index (χ1) is 12.6. The summed E-state index contributed by atoms with van der Waals surface area (Å²) >= 11 is 0. The average molecular weight is 370 g/mol. The molecule has 7 nitrogen and oxygen atoms in total. The van der Waals surface area contributed by atoms with Crippen LogP contribution in [0.25, 0.3) is 0 Å². The first-order valence-electron chi connectivity index (χ1n) is 8.86. The number of aliphatic hydroxyl groups excluding tert-OH is 2. The third-order valence-corrected chi connectivity index (χ3v) is 4.41. The molecule has 0 aromatic heterocycles. The second-order valence-electron chi connectivity index (χ2n) is 7.67. The van der Waals surface area contributed by atoms with Gasteiger partial charge in [0.25, 0.3) is 0 Å². The van der Waals surface area contributed by atoms with Gasteiger partial charge in [0.05, 0.1) is 11.6 Å². The molecule has 1 aromatic rings. The summed E-state index contributed by atoms with van der Waals surface area (Å²) in [5, 5.41) is 29.3. The largest absolute Gasteiger partial charge is 0.512 e. The van der Waals surface area contributed by atoms with E-state index >= 15 is 0 Å². The Morgan fingerprint density at radius 1 is 1.52 bits per heavy atom. The van der Waals surface area contributed by atoms with Crippen molar-refractivity contribution in [3.63, 3.8) is 0 Å². The topological polar surface area (TPSA) is 123 Å². The number of aliphatic imine (C=N–C) groups is 1. The highest BCUT2D eigenvalue weighted by atomic mass is 16.3. The van der Waals surface area contributed by atoms with Crippen molar-refractivity contribution in [3.8, 4) is 6.07 Å². The summed E-state index contributed by atoms with van der Waals surface area (Å²) < 4.78 is 0. The third-order valence-electron chi connectivity index (χ3n) is 4.41. The molecule has 1 fully saturated rings. The molecule has 0 aliphatic carbocycles. The summed E-state index contributed by atoms with van der Waals surface area (Å²) in [5.74, 6) is 0.0451. The molecular formula is C20H26N4O3. The molecular weight excluding hydrogens is 344 g/mol. The Morgan fingerprint density at radius 2 is 2.22 bits per heavy atom. The fourth-order valence-corrected chi connectivity index (χ4v) is 2.91. The molecule has 2 rings (SSSR count). The fourth-order valence-electron chi connectivity index (χ4n) is 2.91. The standard InChI is InChI=1S/C20H26N4O3/c1-20(2,3)16(25)11-17(22)23-18(26)10-15-7-8-19(27)24(15)14-6-4-5-13(9-14)12-21/h4-6,9,11,15,18,25-26H,7-8,10H2,1-3H3,(H2,22,23)/b16-11-/t15-,18?/m0/s1. The van der Waals surface area contributed by atoms with E-state index in [1.54, 1.807) is 29.2 Å². The van der Waals surface area contributed by atoms with Gasteiger partial charge >= 0.3 is 0 Å². The van der Waals surface area contributed by atoms with E-state index in [1.807, 2.05) is 20.8 Å². The van der Waals surface area contributed by atoms with E-state index < -0.39 is 11.6 Å². The lowest BCUT2D eigenvalue weighted by atomic mass is 9.93. The van der Waals surface area contributed by atoms with Crippen LogP contribution < -0.4 is 10.6 Å². The summed E-state index contributed by atoms with van der Waals surface area (Å²) in [6.07, 6.45) is 1.40. The number of carbonyl (C=O) groups is 1. The Hall–Kier alpha value is -2.85. The van der Waals surface area contributed by atoms with E-state index in [0.29, 0.717) is 24.1 Å². The quantitative estimate of drug-likeness (QED) is 0.418. The van der Waals surface area contributed by atoms with Crippen molar-refractivity contribution < 1.29 is 15.0 Å². The number of amides is 1. The normalized spacial score (nSPS) is 19.9. The van der Waals surface area contributed by atoms with Gasteiger partial charge < -0.3 is 20.8 Å². The van der Waals surface area contributed by atoms with Crippen molar-refractivity contribution in [2.45, 2.75) is 52.3 Å². The molecule has 1 aromatic carbocycles. The van der Waals surface area contributed by atoms with Crippen molar-refractivity contribution >= 4 is 17.4 Å². The van der Waals surface area contributed by atoms with Crippen molar-refractivity contribution in [1.82, 2.24) is 0 Å². The molecule has 144 valence electrons. The highest BCUT2D eigenvalue weighted by Gasteiger charge is 2.33. The highest BCUT2D eigenvalue weighted by molar-refractivity contribution is 5.96. The van der Waals surface area contributed by atoms with Crippen LogP contribution in [0.4, 0.5) is 5.69 Å². The molecule has 4 N–H and O–H groups in total. The van der Waals surface area contributed by atoms with Gasteiger partial charge in [0.2, 0.25) is 5.91 Å². The Labute approximate surface area is 159 Å². The number of aliphatic hydroxyl groups is 2. The zero-order valence-electron chi connectivity index (χ0n) is 15.9. The number of nitrogens with zero attached hydrogens (tertiary/aromatic N) is 3. The molecule has 1 aliphatic heterocycles. The number of anilines is 1. The predicted octanol–water partition coefficient (Wildman–Crippen LogP) is 2.61. The summed E-state index contributed by atoms with van der Waals surface area (Å²) in [6, 6.07) is 8.65. The van der Waals surface area contributed by atoms with Crippen LogP contribution in [-0.2, 0) is 4.79 Å². The summed E-state index contributed by atoms with van der Waals surface area (Å²) in [4.78, 5) is 17.9. The smallest absolute Gasteiger partial charge is 0.227 e. The predicted molar refractivity (Wildman–Crippen MR) is 104 cm³/mol. The van der Waals surface area contributed by atoms with E-state index in [-0.39, 0.29) is 30.0 Å². The maximum Gasteiger partial charge on any atom is 0.227 e. The van der Waals surface area contributed by atoms with Gasteiger partial charge in [-0.25, -0.2) is 4.99 Å². The number of nitriles is 1. The number of carbonyl (C=O) groups excluding carboxylic acids is 1. The summed E-state index contributed by atoms with van der Waals surface area (Å²) in [5.41, 5.74) is 6.43. The molecule has 7 heteroatoms. The van der Waals surface area contributed by atoms with Gasteiger partial charge in [-0.2, -0.15) is 5.26 Å². The Kier molecular flexibility index (Phi) is 6.24. The number of amidine groups is 1. The lowest BCUT2D eigenvalue weighted by molar-refractivity contribution is -0.117. The molecule has 0 saturated carbocycles. The zero-order chi connectivity index (χ0) is 20.2. The summed E-state index contributed by atoms with van der Waals surface area (Å²) in [6.45, 7) is 5.50. The minimum absolute atomic E-state index is 0.0253. The van der Waals surface area contributed by atoms with Crippen molar-refractivity contribution in [1.29, 1.82) is 5.26 Å². The maximum atomic E-state index is 12.3. The monoisotopic (exact) mass is 370 g/mol. The van der Waals surface area contributed by atoms with Gasteiger partial charge in [-0.05, 0) is 24.6 Å². The van der Waals surface area contributed by atoms with Crippen molar-refractivity contribution in [3.05, 3.63) is 41.7 Å². The number of allylic oxidation sites excluding steroid dienone is 1. The van der Waals surface area contributed by atoms with E-state index in [1.165, 1.54) is 6.08 Å². The van der Waals surface area contributed by atoms with Crippen LogP contribution in [0.15, 0.2) is 41.1 Å². The molecule has 1 aliphatic rings. The van der Waals surface area contributed by atoms with E-state index in [2.05, 4.69) is 11.1 Å². The van der Waals surface area contributed by atoms with Gasteiger partial charge in [0, 0.05) is 36.1 Å². The Morgan fingerprint density at radius 3 is 2.85 bits per heavy atom. The van der Waals surface area contributed by atoms with Crippen LogP contribution in [0.3, 0.4) is 0 Å². The van der Waals surface area contributed by atoms with Crippen LogP contribution in [0.2, 0.25) is 0 Å². The Balaban J connectivity index is 2.14. The van der Waals surface area contributed by atoms with Gasteiger partial charge in [0.1, 0.15) is 17.8 Å². The fraction of sp³-hybridized carbons (Fsp3) is 0.450. The van der Waals surface area contributed by atoms with Gasteiger partial charge in [0.15, 0.2) is 0 Å². The molecule has 0 radical (unpaired) electrons. The first kappa shape index (κ1) is 20.5. The Bertz CT molecular complexity index is 802. The number of rotatable bonds is 5. The van der Waals surface area contributed by atoms with Crippen LogP contribution in [-0.4, -0.2) is 34.2 Å². The molecule has 0 spiro atoms. The van der Waals surface area contributed by atoms with Gasteiger partial charge in [-0.1, -0.05) is 26.8 Å². The lowest BCUT2D eigenvalue weighted by Crippen LogP contribution is -2.35. The van der Waals surface area contributed by atoms with Gasteiger partial charge in [-0.15, -0.1) is 0 Å². The van der Waals surface area contributed by atoms with E-state index in [4.69, 9.17) is 11.0 Å². The molecule has 1 heterocycles. The second kappa shape index (κ2) is 8.23. The van der Waals surface area contributed by atoms with E-state index in [0.717, 1.165) is 0 Å². The number of nitrogens with two attached hydrogens (primary N) is 1. The molecule has 1 saturated heterocycles. The molecule has 27 heavy (non-hydrogen) atoms. The van der Waals surface area contributed by atoms with Crippen LogP contribution >= 0.6 is 0 Å². The molecule has 2 atom stereocenters. The lowest BCUT2D eigenvalue weighted by Gasteiger charge is -2.26. The molecule has 1 unspecified atom stereocenters. The van der Waals surface area contributed by atoms with E-state index in [9.17, 15) is 15.0 Å². The van der Waals surface area contributed by atoms with Crippen LogP contribution in [0.1, 0.15) is 45.6 Å². The number of hydrogen-bond donors (Lipinski definition) is 3. The minimum atomic E-state index is -1.11. The van der Waals surface area contributed by atoms with Crippen LogP contribution in [0.5, 0.6) is 0 Å². The SMILES string of the molecule is CC(C)(C)/C(O)=C/C(N)=N\C(O)C[C@@H]1CCC(=O)N1c1cccc(C#N)c1. The zero-order valence-corrected chi connectivity index (χ0v) is 15.9. The molecule has 0 bridgehead atoms. The van der Waals surface area contributed by atoms with Crippen molar-refractivity contribution in [2.75, 3.05) is 4.90 Å². The number of hydrogen-bond acceptors (Lipinski definition) is 5. The third kappa shape index (κ3) is 5.31. The minimum Gasteiger partial charge on any atom is -0.512 e. The first-order valence-corrected chi connectivity index (χ1v) is 8.86. The maximum absolute atomic E-state index is 12.3.